The van der Waals surface area contributed by atoms with Crippen molar-refractivity contribution in [1.82, 2.24) is 4.57 Å². The summed E-state index contributed by atoms with van der Waals surface area (Å²) in [6.07, 6.45) is 2.52. The molecule has 104 valence electrons. The Morgan fingerprint density at radius 3 is 2.80 bits per heavy atom. The summed E-state index contributed by atoms with van der Waals surface area (Å²) in [5.74, 6) is -0.325. The van der Waals surface area contributed by atoms with Crippen LogP contribution in [0, 0.1) is 0 Å². The van der Waals surface area contributed by atoms with Crippen molar-refractivity contribution in [1.29, 1.82) is 0 Å². The van der Waals surface area contributed by atoms with E-state index in [1.54, 1.807) is 41.1 Å². The highest BCUT2D eigenvalue weighted by Crippen LogP contribution is 2.08. The number of carbonyl (C=O) groups is 1. The molecule has 0 aliphatic heterocycles. The van der Waals surface area contributed by atoms with Gasteiger partial charge in [0.25, 0.3) is 5.56 Å². The van der Waals surface area contributed by atoms with Crippen LogP contribution in [-0.4, -0.2) is 17.1 Å². The fourth-order valence-corrected chi connectivity index (χ4v) is 1.86. The maximum Gasteiger partial charge on any atom is 0.338 e. The summed E-state index contributed by atoms with van der Waals surface area (Å²) in [5, 5.41) is 0. The molecule has 4 heteroatoms. The van der Waals surface area contributed by atoms with Crippen molar-refractivity contribution in [2.45, 2.75) is 19.9 Å². The summed E-state index contributed by atoms with van der Waals surface area (Å²) in [6.45, 7) is 2.81. The average Bonchev–Trinajstić information content (AvgIpc) is 2.47. The summed E-state index contributed by atoms with van der Waals surface area (Å²) in [4.78, 5) is 23.4. The molecule has 0 saturated carbocycles. The Balaban J connectivity index is 2.16. The molecule has 1 aromatic heterocycles. The molecule has 2 aromatic rings. The van der Waals surface area contributed by atoms with Crippen LogP contribution in [0.1, 0.15) is 29.3 Å². The third kappa shape index (κ3) is 3.57. The maximum absolute atomic E-state index is 11.8. The highest BCUT2D eigenvalue weighted by Gasteiger charge is 2.07. The minimum Gasteiger partial charge on any atom is -0.462 e. The van der Waals surface area contributed by atoms with Crippen LogP contribution < -0.4 is 5.56 Å². The van der Waals surface area contributed by atoms with Gasteiger partial charge in [-0.25, -0.2) is 4.79 Å². The lowest BCUT2D eigenvalue weighted by molar-refractivity contribution is 0.0505. The van der Waals surface area contributed by atoms with Crippen LogP contribution in [0.15, 0.2) is 53.5 Å². The normalized spacial score (nSPS) is 10.2. The van der Waals surface area contributed by atoms with Gasteiger partial charge in [0.15, 0.2) is 0 Å². The lowest BCUT2D eigenvalue weighted by atomic mass is 10.1. The summed E-state index contributed by atoms with van der Waals surface area (Å²) in [7, 11) is 0. The first kappa shape index (κ1) is 14.1. The van der Waals surface area contributed by atoms with Gasteiger partial charge >= 0.3 is 5.97 Å². The second-order valence-electron chi connectivity index (χ2n) is 4.50. The molecule has 0 fully saturated rings. The lowest BCUT2D eigenvalue weighted by Gasteiger charge is -2.07. The molecule has 4 nitrogen and oxygen atoms in total. The number of hydrogen-bond donors (Lipinski definition) is 0. The molecule has 1 heterocycles. The standard InChI is InChI=1S/C16H17NO3/c1-2-10-20-16(19)14-7-5-6-13(11-14)12-17-9-4-3-8-15(17)18/h3-9,11H,2,10,12H2,1H3. The van der Waals surface area contributed by atoms with E-state index in [1.807, 2.05) is 13.0 Å². The van der Waals surface area contributed by atoms with E-state index in [9.17, 15) is 9.59 Å². The van der Waals surface area contributed by atoms with Gasteiger partial charge in [-0.1, -0.05) is 25.1 Å². The van der Waals surface area contributed by atoms with Crippen LogP contribution >= 0.6 is 0 Å². The van der Waals surface area contributed by atoms with Gasteiger partial charge in [-0.3, -0.25) is 4.79 Å². The number of aromatic nitrogens is 1. The predicted octanol–water partition coefficient (Wildman–Crippen LogP) is 2.46. The van der Waals surface area contributed by atoms with Gasteiger partial charge in [0.05, 0.1) is 18.7 Å². The minimum atomic E-state index is -0.325. The molecule has 0 unspecified atom stereocenters. The summed E-state index contributed by atoms with van der Waals surface area (Å²) >= 11 is 0. The monoisotopic (exact) mass is 271 g/mol. The Morgan fingerprint density at radius 1 is 1.20 bits per heavy atom. The quantitative estimate of drug-likeness (QED) is 0.785. The Bertz CT molecular complexity index is 646. The molecule has 0 aliphatic rings. The van der Waals surface area contributed by atoms with Crippen LogP contribution in [0.3, 0.4) is 0 Å². The van der Waals surface area contributed by atoms with Gasteiger partial charge in [0.2, 0.25) is 0 Å². The first-order chi connectivity index (χ1) is 9.70. The van der Waals surface area contributed by atoms with Gasteiger partial charge in [-0.2, -0.15) is 0 Å². The number of hydrogen-bond acceptors (Lipinski definition) is 3. The van der Waals surface area contributed by atoms with E-state index in [1.165, 1.54) is 6.07 Å². The van der Waals surface area contributed by atoms with Crippen LogP contribution in [0.4, 0.5) is 0 Å². The number of rotatable bonds is 5. The molecule has 1 aromatic carbocycles. The zero-order chi connectivity index (χ0) is 14.4. The number of esters is 1. The first-order valence-corrected chi connectivity index (χ1v) is 6.62. The number of benzene rings is 1. The third-order valence-corrected chi connectivity index (χ3v) is 2.85. The number of pyridine rings is 1. The van der Waals surface area contributed by atoms with Gasteiger partial charge < -0.3 is 9.30 Å². The molecule has 0 aliphatic carbocycles. The molecular formula is C16H17NO3. The highest BCUT2D eigenvalue weighted by molar-refractivity contribution is 5.89. The van der Waals surface area contributed by atoms with E-state index >= 15 is 0 Å². The number of carbonyl (C=O) groups excluding carboxylic acids is 1. The van der Waals surface area contributed by atoms with Crippen LogP contribution in [0.5, 0.6) is 0 Å². The maximum atomic E-state index is 11.8. The fourth-order valence-electron chi connectivity index (χ4n) is 1.86. The third-order valence-electron chi connectivity index (χ3n) is 2.85. The van der Waals surface area contributed by atoms with E-state index in [0.29, 0.717) is 18.7 Å². The Labute approximate surface area is 117 Å². The lowest BCUT2D eigenvalue weighted by Crippen LogP contribution is -2.18. The smallest absolute Gasteiger partial charge is 0.338 e. The number of nitrogens with zero attached hydrogens (tertiary/aromatic N) is 1. The van der Waals surface area contributed by atoms with Crippen molar-refractivity contribution in [2.24, 2.45) is 0 Å². The molecule has 0 bridgehead atoms. The minimum absolute atomic E-state index is 0.0635. The van der Waals surface area contributed by atoms with Crippen LogP contribution in [0.25, 0.3) is 0 Å². The predicted molar refractivity (Wildman–Crippen MR) is 76.8 cm³/mol. The van der Waals surface area contributed by atoms with Crippen molar-refractivity contribution in [3.8, 4) is 0 Å². The molecule has 0 saturated heterocycles. The Hall–Kier alpha value is -2.36. The van der Waals surface area contributed by atoms with E-state index in [-0.39, 0.29) is 11.5 Å². The van der Waals surface area contributed by atoms with Crippen molar-refractivity contribution in [2.75, 3.05) is 6.61 Å². The molecule has 0 atom stereocenters. The Morgan fingerprint density at radius 2 is 2.05 bits per heavy atom. The van der Waals surface area contributed by atoms with Crippen LogP contribution in [-0.2, 0) is 11.3 Å². The van der Waals surface area contributed by atoms with E-state index in [2.05, 4.69) is 0 Å². The van der Waals surface area contributed by atoms with Gasteiger partial charge in [0.1, 0.15) is 0 Å². The van der Waals surface area contributed by atoms with E-state index < -0.39 is 0 Å². The molecular weight excluding hydrogens is 254 g/mol. The summed E-state index contributed by atoms with van der Waals surface area (Å²) in [6, 6.07) is 12.2. The topological polar surface area (TPSA) is 48.3 Å². The fraction of sp³-hybridized carbons (Fsp3) is 0.250. The molecule has 2 rings (SSSR count). The number of ether oxygens (including phenoxy) is 1. The summed E-state index contributed by atoms with van der Waals surface area (Å²) < 4.78 is 6.69. The highest BCUT2D eigenvalue weighted by atomic mass is 16.5. The summed E-state index contributed by atoms with van der Waals surface area (Å²) in [5.41, 5.74) is 1.34. The zero-order valence-corrected chi connectivity index (χ0v) is 11.4. The SMILES string of the molecule is CCCOC(=O)c1cccc(Cn2ccccc2=O)c1. The largest absolute Gasteiger partial charge is 0.462 e. The van der Waals surface area contributed by atoms with E-state index in [0.717, 1.165) is 12.0 Å². The Kier molecular flexibility index (Phi) is 4.71. The van der Waals surface area contributed by atoms with Crippen molar-refractivity contribution < 1.29 is 9.53 Å². The molecule has 0 N–H and O–H groups in total. The van der Waals surface area contributed by atoms with Crippen molar-refractivity contribution in [3.05, 3.63) is 70.1 Å². The molecule has 0 radical (unpaired) electrons. The second kappa shape index (κ2) is 6.70. The van der Waals surface area contributed by atoms with Crippen molar-refractivity contribution >= 4 is 5.97 Å². The van der Waals surface area contributed by atoms with Crippen molar-refractivity contribution in [3.63, 3.8) is 0 Å². The zero-order valence-electron chi connectivity index (χ0n) is 11.4. The average molecular weight is 271 g/mol. The second-order valence-corrected chi connectivity index (χ2v) is 4.50. The van der Waals surface area contributed by atoms with Gasteiger partial charge in [-0.05, 0) is 30.2 Å². The molecule has 20 heavy (non-hydrogen) atoms. The van der Waals surface area contributed by atoms with E-state index in [4.69, 9.17) is 4.74 Å². The van der Waals surface area contributed by atoms with Crippen LogP contribution in [0.2, 0.25) is 0 Å². The first-order valence-electron chi connectivity index (χ1n) is 6.62. The van der Waals surface area contributed by atoms with Gasteiger partial charge in [0, 0.05) is 12.3 Å². The molecule has 0 spiro atoms. The molecule has 0 amide bonds. The van der Waals surface area contributed by atoms with Gasteiger partial charge in [-0.15, -0.1) is 0 Å².